The minimum Gasteiger partial charge on any atom is -0.457 e. The number of ether oxygens (including phenoxy) is 1. The number of cyclic esters (lactones) is 1. The lowest BCUT2D eigenvalue weighted by Gasteiger charge is -2.22. The van der Waals surface area contributed by atoms with Gasteiger partial charge in [-0.15, -0.1) is 5.10 Å². The summed E-state index contributed by atoms with van der Waals surface area (Å²) in [6.07, 6.45) is 4.95. The first kappa shape index (κ1) is 24.4. The van der Waals surface area contributed by atoms with Gasteiger partial charge in [0.1, 0.15) is 12.9 Å². The van der Waals surface area contributed by atoms with Crippen molar-refractivity contribution in [3.8, 4) is 0 Å². The maximum Gasteiger partial charge on any atom is 0.338 e. The average molecular weight is 480 g/mol. The quantitative estimate of drug-likeness (QED) is 0.238. The van der Waals surface area contributed by atoms with Gasteiger partial charge < -0.3 is 20.1 Å². The number of nitrogens with one attached hydrogen (secondary N) is 1. The summed E-state index contributed by atoms with van der Waals surface area (Å²) in [4.78, 5) is 30.3. The van der Waals surface area contributed by atoms with Crippen LogP contribution in [-0.4, -0.2) is 75.0 Å². The summed E-state index contributed by atoms with van der Waals surface area (Å²) in [5, 5.41) is 24.7. The number of allylic oxidation sites excluding steroid dienone is 2. The molecule has 4 rings (SSSR count). The third-order valence-electron chi connectivity index (χ3n) is 6.51. The number of aromatic nitrogens is 4. The molecule has 2 aliphatic heterocycles. The van der Waals surface area contributed by atoms with Crippen LogP contribution in [0.15, 0.2) is 41.2 Å². The Morgan fingerprint density at radius 3 is 3.00 bits per heavy atom. The number of hydrogen-bond donors (Lipinski definition) is 2. The van der Waals surface area contributed by atoms with Crippen molar-refractivity contribution in [2.75, 3.05) is 26.2 Å². The molecule has 1 saturated heterocycles. The van der Waals surface area contributed by atoms with Crippen LogP contribution in [0, 0.1) is 12.8 Å². The molecule has 184 valence electrons. The van der Waals surface area contributed by atoms with Gasteiger partial charge in [0.15, 0.2) is 5.82 Å². The van der Waals surface area contributed by atoms with Crippen LogP contribution in [0.3, 0.4) is 0 Å². The zero-order valence-electron chi connectivity index (χ0n) is 19.8. The third kappa shape index (κ3) is 5.52. The first-order valence-corrected chi connectivity index (χ1v) is 11.4. The fraction of sp³-hybridized carbons (Fsp3) is 0.417. The number of tetrazole rings is 1. The molecule has 0 bridgehead atoms. The SMILES string of the molecule is C=NC(=CC=C(C)C(=O)NCC1CCN(CC(O)c2ccc3c(c2C)COC3=O)C1)n1cnnn1. The molecule has 1 amide bonds. The molecule has 11 nitrogen and oxygen atoms in total. The zero-order valence-corrected chi connectivity index (χ0v) is 19.8. The molecule has 0 spiro atoms. The normalized spacial score (nSPS) is 19.4. The number of likely N-dealkylation sites (tertiary alicyclic amines) is 1. The molecule has 0 saturated carbocycles. The largest absolute Gasteiger partial charge is 0.457 e. The Kier molecular flexibility index (Phi) is 7.47. The molecule has 2 N–H and O–H groups in total. The van der Waals surface area contributed by atoms with E-state index in [1.807, 2.05) is 13.0 Å². The monoisotopic (exact) mass is 479 g/mol. The van der Waals surface area contributed by atoms with Gasteiger partial charge in [0, 0.05) is 30.8 Å². The summed E-state index contributed by atoms with van der Waals surface area (Å²) in [6.45, 7) is 10.1. The number of hydrogen-bond acceptors (Lipinski definition) is 9. The number of esters is 1. The van der Waals surface area contributed by atoms with Crippen molar-refractivity contribution in [2.45, 2.75) is 33.0 Å². The van der Waals surface area contributed by atoms with E-state index in [2.05, 4.69) is 37.5 Å². The minimum absolute atomic E-state index is 0.162. The number of β-amino-alcohol motifs (C(OH)–C–C–N with tert-alkyl or cyclic N) is 1. The summed E-state index contributed by atoms with van der Waals surface area (Å²) in [5.74, 6) is 0.239. The van der Waals surface area contributed by atoms with E-state index >= 15 is 0 Å². The van der Waals surface area contributed by atoms with E-state index in [0.29, 0.717) is 36.0 Å². The highest BCUT2D eigenvalue weighted by atomic mass is 16.5. The second kappa shape index (κ2) is 10.7. The van der Waals surface area contributed by atoms with Gasteiger partial charge in [-0.2, -0.15) is 4.68 Å². The first-order chi connectivity index (χ1) is 16.9. The molecule has 11 heteroatoms. The van der Waals surface area contributed by atoms with Crippen molar-refractivity contribution >= 4 is 24.4 Å². The Bertz CT molecular complexity index is 1170. The van der Waals surface area contributed by atoms with E-state index in [9.17, 15) is 14.7 Å². The average Bonchev–Trinajstić information content (AvgIpc) is 3.61. The molecular formula is C24H29N7O4. The second-order valence-electron chi connectivity index (χ2n) is 8.81. The Morgan fingerprint density at radius 2 is 2.26 bits per heavy atom. The fourth-order valence-corrected chi connectivity index (χ4v) is 4.44. The standard InChI is InChI=1S/C24H29N7O4/c1-15(4-7-22(25-3)31-14-27-28-29-31)23(33)26-10-17-8-9-30(11-17)12-21(32)18-5-6-19-20(16(18)2)13-35-24(19)34/h4-7,14,17,21,32H,3,8-13H2,1-2H3,(H,26,33). The van der Waals surface area contributed by atoms with Gasteiger partial charge >= 0.3 is 5.97 Å². The summed E-state index contributed by atoms with van der Waals surface area (Å²) < 4.78 is 6.46. The van der Waals surface area contributed by atoms with Crippen molar-refractivity contribution < 1.29 is 19.4 Å². The molecule has 2 aromatic rings. The summed E-state index contributed by atoms with van der Waals surface area (Å²) >= 11 is 0. The molecule has 2 atom stereocenters. The van der Waals surface area contributed by atoms with Crippen LogP contribution < -0.4 is 5.32 Å². The van der Waals surface area contributed by atoms with Crippen LogP contribution in [0.2, 0.25) is 0 Å². The molecule has 2 unspecified atom stereocenters. The molecule has 0 aliphatic carbocycles. The lowest BCUT2D eigenvalue weighted by molar-refractivity contribution is -0.117. The number of nitrogens with zero attached hydrogens (tertiary/aromatic N) is 6. The van der Waals surface area contributed by atoms with Crippen molar-refractivity contribution in [1.29, 1.82) is 0 Å². The van der Waals surface area contributed by atoms with Gasteiger partial charge in [-0.3, -0.25) is 4.79 Å². The predicted molar refractivity (Wildman–Crippen MR) is 128 cm³/mol. The Labute approximate surface area is 203 Å². The molecule has 1 aromatic carbocycles. The predicted octanol–water partition coefficient (Wildman–Crippen LogP) is 1.27. The number of aliphatic hydroxyl groups is 1. The van der Waals surface area contributed by atoms with E-state index in [4.69, 9.17) is 4.74 Å². The topological polar surface area (TPSA) is 135 Å². The van der Waals surface area contributed by atoms with E-state index in [1.165, 1.54) is 11.0 Å². The molecule has 35 heavy (non-hydrogen) atoms. The van der Waals surface area contributed by atoms with Gasteiger partial charge in [-0.25, -0.2) is 9.79 Å². The molecule has 2 aliphatic rings. The molecule has 3 heterocycles. The number of rotatable bonds is 9. The van der Waals surface area contributed by atoms with Crippen molar-refractivity contribution in [2.24, 2.45) is 10.9 Å². The summed E-state index contributed by atoms with van der Waals surface area (Å²) in [7, 11) is 0. The Morgan fingerprint density at radius 1 is 1.43 bits per heavy atom. The van der Waals surface area contributed by atoms with E-state index in [1.54, 1.807) is 25.1 Å². The third-order valence-corrected chi connectivity index (χ3v) is 6.51. The van der Waals surface area contributed by atoms with Crippen LogP contribution >= 0.6 is 0 Å². The highest BCUT2D eigenvalue weighted by Gasteiger charge is 2.28. The Balaban J connectivity index is 1.27. The highest BCUT2D eigenvalue weighted by molar-refractivity contribution is 5.94. The van der Waals surface area contributed by atoms with Crippen LogP contribution in [0.25, 0.3) is 5.82 Å². The van der Waals surface area contributed by atoms with Gasteiger partial charge in [-0.1, -0.05) is 12.1 Å². The molecule has 1 aromatic heterocycles. The molecule has 0 radical (unpaired) electrons. The Hall–Kier alpha value is -3.70. The van der Waals surface area contributed by atoms with Crippen LogP contribution in [0.1, 0.15) is 46.5 Å². The number of benzene rings is 1. The van der Waals surface area contributed by atoms with E-state index in [0.717, 1.165) is 36.2 Å². The van der Waals surface area contributed by atoms with Crippen molar-refractivity contribution in [1.82, 2.24) is 30.4 Å². The fourth-order valence-electron chi connectivity index (χ4n) is 4.44. The summed E-state index contributed by atoms with van der Waals surface area (Å²) in [6, 6.07) is 3.55. The summed E-state index contributed by atoms with van der Waals surface area (Å²) in [5.41, 5.74) is 3.71. The van der Waals surface area contributed by atoms with Crippen LogP contribution in [0.4, 0.5) is 0 Å². The van der Waals surface area contributed by atoms with Gasteiger partial charge in [0.05, 0.1) is 11.7 Å². The lowest BCUT2D eigenvalue weighted by Crippen LogP contribution is -2.32. The number of aliphatic imine (C=N–C) groups is 1. The first-order valence-electron chi connectivity index (χ1n) is 11.4. The van der Waals surface area contributed by atoms with Gasteiger partial charge in [0.2, 0.25) is 5.91 Å². The maximum absolute atomic E-state index is 12.5. The maximum atomic E-state index is 12.5. The van der Waals surface area contributed by atoms with E-state index < -0.39 is 6.10 Å². The van der Waals surface area contributed by atoms with E-state index in [-0.39, 0.29) is 18.5 Å². The second-order valence-corrected chi connectivity index (χ2v) is 8.81. The lowest BCUT2D eigenvalue weighted by atomic mass is 9.95. The zero-order chi connectivity index (χ0) is 24.9. The molecule has 1 fully saturated rings. The van der Waals surface area contributed by atoms with Crippen LogP contribution in [-0.2, 0) is 16.1 Å². The highest BCUT2D eigenvalue weighted by Crippen LogP contribution is 2.30. The van der Waals surface area contributed by atoms with Crippen molar-refractivity contribution in [3.05, 3.63) is 58.4 Å². The number of aliphatic hydroxyl groups excluding tert-OH is 1. The minimum atomic E-state index is -0.658. The van der Waals surface area contributed by atoms with Crippen molar-refractivity contribution in [3.63, 3.8) is 0 Å². The van der Waals surface area contributed by atoms with Gasteiger partial charge in [0.25, 0.3) is 0 Å². The number of carbonyl (C=O) groups is 2. The molecular weight excluding hydrogens is 450 g/mol. The smallest absolute Gasteiger partial charge is 0.338 e. The van der Waals surface area contributed by atoms with Gasteiger partial charge in [-0.05, 0) is 73.1 Å². The number of amides is 1. The van der Waals surface area contributed by atoms with Crippen LogP contribution in [0.5, 0.6) is 0 Å². The number of fused-ring (bicyclic) bond motifs is 1. The number of carbonyl (C=O) groups excluding carboxylic acids is 2.